The molecule has 1 aromatic carbocycles. The van der Waals surface area contributed by atoms with Crippen LogP contribution in [-0.4, -0.2) is 23.2 Å². The number of phenols is 1. The molecule has 4 heteroatoms. The van der Waals surface area contributed by atoms with Gasteiger partial charge >= 0.3 is 0 Å². The molecule has 0 aliphatic heterocycles. The monoisotopic (exact) mass is 257 g/mol. The summed E-state index contributed by atoms with van der Waals surface area (Å²) in [5.41, 5.74) is 1.97. The summed E-state index contributed by atoms with van der Waals surface area (Å²) in [4.78, 5) is 4.24. The second-order valence-electron chi connectivity index (χ2n) is 4.30. The van der Waals surface area contributed by atoms with Crippen LogP contribution in [0.2, 0.25) is 0 Å². The average molecular weight is 257 g/mol. The lowest BCUT2D eigenvalue weighted by Gasteiger charge is -2.07. The Balaban J connectivity index is 1.59. The Hall–Kier alpha value is -1.91. The van der Waals surface area contributed by atoms with Crippen LogP contribution < -0.4 is 10.6 Å². The molecule has 2 rings (SSSR count). The lowest BCUT2D eigenvalue weighted by atomic mass is 10.2. The fourth-order valence-corrected chi connectivity index (χ4v) is 1.78. The average Bonchev–Trinajstić information content (AvgIpc) is 2.45. The number of hydrogen-bond donors (Lipinski definition) is 3. The van der Waals surface area contributed by atoms with Gasteiger partial charge in [0.05, 0.1) is 5.69 Å². The van der Waals surface area contributed by atoms with E-state index in [1.807, 2.05) is 36.4 Å². The minimum Gasteiger partial charge on any atom is -0.508 e. The van der Waals surface area contributed by atoms with Gasteiger partial charge < -0.3 is 15.7 Å². The summed E-state index contributed by atoms with van der Waals surface area (Å²) in [6.45, 7) is 3.17. The zero-order valence-electron chi connectivity index (χ0n) is 10.8. The Morgan fingerprint density at radius 3 is 2.37 bits per heavy atom. The zero-order chi connectivity index (χ0) is 13.3. The Morgan fingerprint density at radius 1 is 0.895 bits per heavy atom. The molecule has 1 aromatic heterocycles. The van der Waals surface area contributed by atoms with Gasteiger partial charge in [0.2, 0.25) is 0 Å². The van der Waals surface area contributed by atoms with Crippen LogP contribution in [-0.2, 0) is 13.1 Å². The fourth-order valence-electron chi connectivity index (χ4n) is 1.78. The zero-order valence-corrected chi connectivity index (χ0v) is 10.8. The number of nitrogens with one attached hydrogen (secondary N) is 2. The van der Waals surface area contributed by atoms with Gasteiger partial charge in [-0.1, -0.05) is 24.3 Å². The molecule has 0 aliphatic carbocycles. The van der Waals surface area contributed by atoms with E-state index >= 15 is 0 Å². The normalized spacial score (nSPS) is 10.5. The standard InChI is InChI=1S/C15H19N3O/c19-15-7-2-1-5-13(15)11-16-9-10-17-12-14-6-3-4-8-18-14/h1-8,16-17,19H,9-12H2. The lowest BCUT2D eigenvalue weighted by Crippen LogP contribution is -2.27. The van der Waals surface area contributed by atoms with Crippen LogP contribution >= 0.6 is 0 Å². The van der Waals surface area contributed by atoms with Crippen molar-refractivity contribution >= 4 is 0 Å². The molecule has 1 heterocycles. The first-order chi connectivity index (χ1) is 9.36. The van der Waals surface area contributed by atoms with Crippen molar-refractivity contribution in [1.82, 2.24) is 15.6 Å². The molecule has 100 valence electrons. The predicted molar refractivity (Wildman–Crippen MR) is 75.8 cm³/mol. The molecule has 0 bridgehead atoms. The highest BCUT2D eigenvalue weighted by Crippen LogP contribution is 2.14. The molecule has 0 aliphatic rings. The third-order valence-electron chi connectivity index (χ3n) is 2.82. The number of hydrogen-bond acceptors (Lipinski definition) is 4. The first kappa shape index (κ1) is 13.5. The van der Waals surface area contributed by atoms with Crippen molar-refractivity contribution in [2.24, 2.45) is 0 Å². The molecule has 0 radical (unpaired) electrons. The van der Waals surface area contributed by atoms with Gasteiger partial charge in [0.1, 0.15) is 5.75 Å². The number of phenolic OH excluding ortho intramolecular Hbond substituents is 1. The molecule has 0 saturated carbocycles. The van der Waals surface area contributed by atoms with Crippen molar-refractivity contribution in [3.8, 4) is 5.75 Å². The summed E-state index contributed by atoms with van der Waals surface area (Å²) >= 11 is 0. The van der Waals surface area contributed by atoms with Crippen molar-refractivity contribution in [3.63, 3.8) is 0 Å². The minimum atomic E-state index is 0.344. The molecule has 0 amide bonds. The van der Waals surface area contributed by atoms with Crippen LogP contribution in [0.4, 0.5) is 0 Å². The molecule has 0 fully saturated rings. The van der Waals surface area contributed by atoms with Gasteiger partial charge in [0, 0.05) is 37.9 Å². The second-order valence-corrected chi connectivity index (χ2v) is 4.30. The molecule has 0 spiro atoms. The molecule has 4 nitrogen and oxygen atoms in total. The fraction of sp³-hybridized carbons (Fsp3) is 0.267. The van der Waals surface area contributed by atoms with Crippen LogP contribution in [0.1, 0.15) is 11.3 Å². The van der Waals surface area contributed by atoms with Crippen molar-refractivity contribution in [3.05, 3.63) is 59.9 Å². The summed E-state index contributed by atoms with van der Waals surface area (Å²) in [5.74, 6) is 0.344. The third kappa shape index (κ3) is 4.69. The largest absolute Gasteiger partial charge is 0.508 e. The van der Waals surface area contributed by atoms with Crippen LogP contribution in [0.25, 0.3) is 0 Å². The van der Waals surface area contributed by atoms with Crippen molar-refractivity contribution in [2.75, 3.05) is 13.1 Å². The number of pyridine rings is 1. The lowest BCUT2D eigenvalue weighted by molar-refractivity contribution is 0.464. The van der Waals surface area contributed by atoms with Gasteiger partial charge in [0.15, 0.2) is 0 Å². The summed E-state index contributed by atoms with van der Waals surface area (Å²) in [6, 6.07) is 13.3. The van der Waals surface area contributed by atoms with E-state index in [4.69, 9.17) is 0 Å². The predicted octanol–water partition coefficient (Wildman–Crippen LogP) is 1.67. The molecular formula is C15H19N3O. The van der Waals surface area contributed by atoms with Crippen LogP contribution in [0.15, 0.2) is 48.7 Å². The van der Waals surface area contributed by atoms with Gasteiger partial charge in [-0.2, -0.15) is 0 Å². The summed E-state index contributed by atoms with van der Waals surface area (Å²) in [5, 5.41) is 16.2. The van der Waals surface area contributed by atoms with Gasteiger partial charge in [-0.05, 0) is 18.2 Å². The highest BCUT2D eigenvalue weighted by molar-refractivity contribution is 5.31. The molecule has 3 N–H and O–H groups in total. The van der Waals surface area contributed by atoms with Gasteiger partial charge in [-0.15, -0.1) is 0 Å². The number of rotatable bonds is 7. The van der Waals surface area contributed by atoms with E-state index in [-0.39, 0.29) is 0 Å². The van der Waals surface area contributed by atoms with Gasteiger partial charge in [0.25, 0.3) is 0 Å². The maximum absolute atomic E-state index is 9.60. The second kappa shape index (κ2) is 7.51. The summed E-state index contributed by atoms with van der Waals surface area (Å²) in [6.07, 6.45) is 1.80. The van der Waals surface area contributed by atoms with Crippen molar-refractivity contribution in [1.29, 1.82) is 0 Å². The molecular weight excluding hydrogens is 238 g/mol. The first-order valence-corrected chi connectivity index (χ1v) is 6.44. The third-order valence-corrected chi connectivity index (χ3v) is 2.82. The number of para-hydroxylation sites is 1. The van der Waals surface area contributed by atoms with E-state index in [1.54, 1.807) is 12.3 Å². The Labute approximate surface area is 113 Å². The van der Waals surface area contributed by atoms with E-state index < -0.39 is 0 Å². The van der Waals surface area contributed by atoms with Crippen LogP contribution in [0.5, 0.6) is 5.75 Å². The maximum Gasteiger partial charge on any atom is 0.120 e. The molecule has 0 atom stereocenters. The first-order valence-electron chi connectivity index (χ1n) is 6.44. The van der Waals surface area contributed by atoms with E-state index in [2.05, 4.69) is 15.6 Å². The summed E-state index contributed by atoms with van der Waals surface area (Å²) in [7, 11) is 0. The van der Waals surface area contributed by atoms with Crippen molar-refractivity contribution in [2.45, 2.75) is 13.1 Å². The van der Waals surface area contributed by atoms with E-state index in [0.717, 1.165) is 30.9 Å². The number of aromatic nitrogens is 1. The highest BCUT2D eigenvalue weighted by atomic mass is 16.3. The maximum atomic E-state index is 9.60. The Morgan fingerprint density at radius 2 is 1.63 bits per heavy atom. The van der Waals surface area contributed by atoms with Crippen molar-refractivity contribution < 1.29 is 5.11 Å². The van der Waals surface area contributed by atoms with Crippen LogP contribution in [0, 0.1) is 0 Å². The van der Waals surface area contributed by atoms with E-state index in [0.29, 0.717) is 12.3 Å². The Kier molecular flexibility index (Phi) is 5.34. The summed E-state index contributed by atoms with van der Waals surface area (Å²) < 4.78 is 0. The van der Waals surface area contributed by atoms with E-state index in [1.165, 1.54) is 0 Å². The quantitative estimate of drug-likeness (QED) is 0.660. The highest BCUT2D eigenvalue weighted by Gasteiger charge is 1.98. The molecule has 0 unspecified atom stereocenters. The molecule has 0 saturated heterocycles. The smallest absolute Gasteiger partial charge is 0.120 e. The topological polar surface area (TPSA) is 57.2 Å². The number of aromatic hydroxyl groups is 1. The molecule has 19 heavy (non-hydrogen) atoms. The number of nitrogens with zero attached hydrogens (tertiary/aromatic N) is 1. The Bertz CT molecular complexity index is 488. The SMILES string of the molecule is Oc1ccccc1CNCCNCc1ccccn1. The van der Waals surface area contributed by atoms with Crippen LogP contribution in [0.3, 0.4) is 0 Å². The van der Waals surface area contributed by atoms with E-state index in [9.17, 15) is 5.11 Å². The molecule has 2 aromatic rings. The van der Waals surface area contributed by atoms with Gasteiger partial charge in [-0.3, -0.25) is 4.98 Å². The number of benzene rings is 1. The van der Waals surface area contributed by atoms with Gasteiger partial charge in [-0.25, -0.2) is 0 Å². The minimum absolute atomic E-state index is 0.344.